The second kappa shape index (κ2) is 6.19. The Balaban J connectivity index is 1.73. The number of thiophene rings is 1. The third kappa shape index (κ3) is 3.11. The molecule has 1 aromatic rings. The fourth-order valence-electron chi connectivity index (χ4n) is 3.00. The van der Waals surface area contributed by atoms with Crippen LogP contribution < -0.4 is 0 Å². The van der Waals surface area contributed by atoms with E-state index in [4.69, 9.17) is 9.47 Å². The summed E-state index contributed by atoms with van der Waals surface area (Å²) in [5, 5.41) is 1.56. The molecule has 126 valence electrons. The molecule has 0 saturated heterocycles. The fourth-order valence-corrected chi connectivity index (χ4v) is 3.89. The molecule has 0 amide bonds. The lowest BCUT2D eigenvalue weighted by molar-refractivity contribution is -0.264. The zero-order chi connectivity index (χ0) is 16.5. The molecule has 7 heteroatoms. The second-order valence-electron chi connectivity index (χ2n) is 5.84. The van der Waals surface area contributed by atoms with Gasteiger partial charge in [-0.2, -0.15) is 13.2 Å². The minimum Gasteiger partial charge on any atom is -0.464 e. The molecule has 2 heterocycles. The van der Waals surface area contributed by atoms with E-state index in [0.29, 0.717) is 0 Å². The van der Waals surface area contributed by atoms with Crippen LogP contribution >= 0.6 is 11.3 Å². The van der Waals surface area contributed by atoms with E-state index >= 15 is 0 Å². The van der Waals surface area contributed by atoms with Crippen molar-refractivity contribution >= 4 is 17.3 Å². The Kier molecular flexibility index (Phi) is 4.40. The molecule has 1 atom stereocenters. The predicted molar refractivity (Wildman–Crippen MR) is 78.8 cm³/mol. The minimum atomic E-state index is -4.61. The van der Waals surface area contributed by atoms with Crippen molar-refractivity contribution in [2.24, 2.45) is 0 Å². The van der Waals surface area contributed by atoms with Crippen molar-refractivity contribution in [3.63, 3.8) is 0 Å². The molecule has 23 heavy (non-hydrogen) atoms. The molecule has 2 aliphatic rings. The van der Waals surface area contributed by atoms with E-state index in [9.17, 15) is 18.0 Å². The highest BCUT2D eigenvalue weighted by atomic mass is 32.1. The van der Waals surface area contributed by atoms with Gasteiger partial charge in [0.15, 0.2) is 0 Å². The zero-order valence-corrected chi connectivity index (χ0v) is 13.2. The summed E-state index contributed by atoms with van der Waals surface area (Å²) >= 11 is 0.965. The summed E-state index contributed by atoms with van der Waals surface area (Å²) in [6, 6.07) is 2.91. The minimum absolute atomic E-state index is 0.0433. The Morgan fingerprint density at radius 1 is 1.30 bits per heavy atom. The molecule has 1 aliphatic heterocycles. The molecule has 0 N–H and O–H groups in total. The highest BCUT2D eigenvalue weighted by Crippen LogP contribution is 2.51. The van der Waals surface area contributed by atoms with E-state index in [2.05, 4.69) is 0 Å². The number of ether oxygens (including phenoxy) is 2. The third-order valence-electron chi connectivity index (χ3n) is 4.26. The van der Waals surface area contributed by atoms with E-state index in [1.165, 1.54) is 18.2 Å². The highest BCUT2D eigenvalue weighted by molar-refractivity contribution is 7.10. The van der Waals surface area contributed by atoms with E-state index < -0.39 is 24.2 Å². The molecular formula is C16H17F3O3S. The van der Waals surface area contributed by atoms with Crippen LogP contribution in [0.1, 0.15) is 43.4 Å². The number of alkyl halides is 3. The van der Waals surface area contributed by atoms with Gasteiger partial charge in [-0.05, 0) is 43.2 Å². The summed E-state index contributed by atoms with van der Waals surface area (Å²) in [6.07, 6.45) is 0.513. The molecular weight excluding hydrogens is 329 g/mol. The van der Waals surface area contributed by atoms with E-state index in [0.717, 1.165) is 43.4 Å². The number of hydrogen-bond acceptors (Lipinski definition) is 4. The van der Waals surface area contributed by atoms with Gasteiger partial charge in [0, 0.05) is 6.42 Å². The number of esters is 1. The maximum Gasteiger partial charge on any atom is 0.433 e. The standard InChI is InChI=1S/C16H17F3O3S/c17-16(18,19)15(13-7-4-10-23-13)9-8-12(22-15)14(20)21-11-5-2-1-3-6-11/h4,7-8,10-11H,1-3,5-6,9H2. The first-order valence-corrected chi connectivity index (χ1v) is 8.51. The van der Waals surface area contributed by atoms with Gasteiger partial charge in [0.25, 0.3) is 0 Å². The molecule has 0 aromatic carbocycles. The van der Waals surface area contributed by atoms with Gasteiger partial charge in [-0.15, -0.1) is 11.3 Å². The van der Waals surface area contributed by atoms with Crippen LogP contribution in [0, 0.1) is 0 Å². The molecule has 1 unspecified atom stereocenters. The lowest BCUT2D eigenvalue weighted by atomic mass is 9.98. The van der Waals surface area contributed by atoms with E-state index in [-0.39, 0.29) is 16.7 Å². The van der Waals surface area contributed by atoms with Crippen molar-refractivity contribution in [1.82, 2.24) is 0 Å². The SMILES string of the molecule is O=C(OC1CCCCC1)C1=CCC(c2cccs2)(C(F)(F)F)O1. The quantitative estimate of drug-likeness (QED) is 0.745. The number of rotatable bonds is 3. The number of halogens is 3. The summed E-state index contributed by atoms with van der Waals surface area (Å²) in [4.78, 5) is 12.2. The van der Waals surface area contributed by atoms with Gasteiger partial charge in [0.1, 0.15) is 6.10 Å². The second-order valence-corrected chi connectivity index (χ2v) is 6.79. The molecule has 0 spiro atoms. The number of hydrogen-bond donors (Lipinski definition) is 0. The number of carbonyl (C=O) groups is 1. The molecule has 1 aliphatic carbocycles. The average molecular weight is 346 g/mol. The first-order valence-electron chi connectivity index (χ1n) is 7.63. The summed E-state index contributed by atoms with van der Waals surface area (Å²) in [5.74, 6) is -1.12. The van der Waals surface area contributed by atoms with Crippen molar-refractivity contribution in [2.45, 2.75) is 56.4 Å². The fraction of sp³-hybridized carbons (Fsp3) is 0.562. The maximum absolute atomic E-state index is 13.6. The van der Waals surface area contributed by atoms with Crippen molar-refractivity contribution in [3.8, 4) is 0 Å². The summed E-state index contributed by atoms with van der Waals surface area (Å²) in [7, 11) is 0. The van der Waals surface area contributed by atoms with Crippen LogP contribution in [0.3, 0.4) is 0 Å². The Morgan fingerprint density at radius 2 is 2.04 bits per heavy atom. The molecule has 1 aromatic heterocycles. The Hall–Kier alpha value is -1.50. The predicted octanol–water partition coefficient (Wildman–Crippen LogP) is 4.69. The topological polar surface area (TPSA) is 35.5 Å². The van der Waals surface area contributed by atoms with Crippen molar-refractivity contribution in [2.75, 3.05) is 0 Å². The Morgan fingerprint density at radius 3 is 2.65 bits per heavy atom. The lowest BCUT2D eigenvalue weighted by Gasteiger charge is -2.31. The van der Waals surface area contributed by atoms with Crippen LogP contribution in [0.25, 0.3) is 0 Å². The maximum atomic E-state index is 13.6. The van der Waals surface area contributed by atoms with E-state index in [1.54, 1.807) is 5.38 Å². The summed E-state index contributed by atoms with van der Waals surface area (Å²) in [6.45, 7) is 0. The van der Waals surface area contributed by atoms with Gasteiger partial charge in [0.05, 0.1) is 4.88 Å². The van der Waals surface area contributed by atoms with Gasteiger partial charge in [-0.1, -0.05) is 12.5 Å². The monoisotopic (exact) mass is 346 g/mol. The molecule has 1 fully saturated rings. The molecule has 1 saturated carbocycles. The largest absolute Gasteiger partial charge is 0.464 e. The summed E-state index contributed by atoms with van der Waals surface area (Å²) in [5.41, 5.74) is -2.47. The van der Waals surface area contributed by atoms with Crippen LogP contribution in [0.5, 0.6) is 0 Å². The zero-order valence-electron chi connectivity index (χ0n) is 12.4. The smallest absolute Gasteiger partial charge is 0.433 e. The van der Waals surface area contributed by atoms with Crippen molar-refractivity contribution in [1.29, 1.82) is 0 Å². The van der Waals surface area contributed by atoms with Crippen LogP contribution in [0.15, 0.2) is 29.3 Å². The Labute approximate surface area is 136 Å². The number of carbonyl (C=O) groups excluding carboxylic acids is 1. The molecule has 3 nitrogen and oxygen atoms in total. The highest BCUT2D eigenvalue weighted by Gasteiger charge is 2.61. The van der Waals surface area contributed by atoms with E-state index in [1.807, 2.05) is 0 Å². The van der Waals surface area contributed by atoms with Crippen molar-refractivity contribution in [3.05, 3.63) is 34.2 Å². The van der Waals surface area contributed by atoms with Gasteiger partial charge in [0.2, 0.25) is 11.4 Å². The van der Waals surface area contributed by atoms with Gasteiger partial charge in [-0.3, -0.25) is 0 Å². The van der Waals surface area contributed by atoms with Crippen LogP contribution in [-0.2, 0) is 19.9 Å². The summed E-state index contributed by atoms with van der Waals surface area (Å²) < 4.78 is 51.1. The first kappa shape index (κ1) is 16.4. The third-order valence-corrected chi connectivity index (χ3v) is 5.28. The van der Waals surface area contributed by atoms with Crippen LogP contribution in [0.2, 0.25) is 0 Å². The van der Waals surface area contributed by atoms with Gasteiger partial charge in [-0.25, -0.2) is 4.79 Å². The van der Waals surface area contributed by atoms with Gasteiger partial charge < -0.3 is 9.47 Å². The Bertz CT molecular complexity index is 588. The normalized spacial score (nSPS) is 25.8. The average Bonchev–Trinajstić information content (AvgIpc) is 3.17. The molecule has 3 rings (SSSR count). The van der Waals surface area contributed by atoms with Gasteiger partial charge >= 0.3 is 12.1 Å². The van der Waals surface area contributed by atoms with Crippen LogP contribution in [-0.4, -0.2) is 18.2 Å². The molecule has 0 bridgehead atoms. The van der Waals surface area contributed by atoms with Crippen LogP contribution in [0.4, 0.5) is 13.2 Å². The van der Waals surface area contributed by atoms with Crippen molar-refractivity contribution < 1.29 is 27.4 Å². The lowest BCUT2D eigenvalue weighted by Crippen LogP contribution is -2.42. The first-order chi connectivity index (χ1) is 10.9. The molecule has 0 radical (unpaired) electrons.